The summed E-state index contributed by atoms with van der Waals surface area (Å²) in [6.07, 6.45) is 7.89. The molecule has 0 radical (unpaired) electrons. The molecule has 0 spiro atoms. The van der Waals surface area contributed by atoms with Crippen molar-refractivity contribution in [2.45, 2.75) is 86.0 Å². The van der Waals surface area contributed by atoms with Crippen LogP contribution in [0.1, 0.15) is 67.7 Å². The first-order chi connectivity index (χ1) is 13.5. The Hall–Kier alpha value is -2.14. The molecule has 0 heterocycles. The van der Waals surface area contributed by atoms with Gasteiger partial charge in [0.1, 0.15) is 0 Å². The summed E-state index contributed by atoms with van der Waals surface area (Å²) in [5, 5.41) is 10.3. The molecule has 1 N–H and O–H groups in total. The summed E-state index contributed by atoms with van der Waals surface area (Å²) in [6, 6.07) is 0. The maximum atomic E-state index is 11.9. The molecule has 0 saturated heterocycles. The van der Waals surface area contributed by atoms with Crippen LogP contribution < -0.4 is 0 Å². The second-order valence-electron chi connectivity index (χ2n) is 8.17. The zero-order valence-electron chi connectivity index (χ0n) is 18.8. The molecule has 0 aromatic carbocycles. The lowest BCUT2D eigenvalue weighted by atomic mass is 9.89. The van der Waals surface area contributed by atoms with Gasteiger partial charge in [0.2, 0.25) is 0 Å². The predicted molar refractivity (Wildman–Crippen MR) is 115 cm³/mol. The van der Waals surface area contributed by atoms with Crippen LogP contribution in [0, 0.1) is 5.92 Å². The molecule has 0 bridgehead atoms. The van der Waals surface area contributed by atoms with Crippen LogP contribution in [-0.2, 0) is 19.1 Å². The van der Waals surface area contributed by atoms with Crippen molar-refractivity contribution in [1.82, 2.24) is 0 Å². The monoisotopic (exact) mass is 404 g/mol. The Kier molecular flexibility index (Phi) is 10.1. The minimum Gasteiger partial charge on any atom is -0.454 e. The number of hydrogen-bond donors (Lipinski definition) is 1. The number of aliphatic hydroxyl groups is 1. The normalized spacial score (nSPS) is 31.7. The van der Waals surface area contributed by atoms with Crippen molar-refractivity contribution in [1.29, 1.82) is 0 Å². The molecule has 5 heteroatoms. The molecule has 3 atom stereocenters. The summed E-state index contributed by atoms with van der Waals surface area (Å²) in [6.45, 7) is 12.6. The third-order valence-corrected chi connectivity index (χ3v) is 4.88. The number of hydrogen-bond acceptors (Lipinski definition) is 5. The van der Waals surface area contributed by atoms with Crippen molar-refractivity contribution in [2.24, 2.45) is 5.92 Å². The van der Waals surface area contributed by atoms with E-state index in [0.717, 1.165) is 35.1 Å². The van der Waals surface area contributed by atoms with Crippen LogP contribution in [0.5, 0.6) is 0 Å². The Morgan fingerprint density at radius 2 is 1.59 bits per heavy atom. The highest BCUT2D eigenvalue weighted by Gasteiger charge is 2.33. The van der Waals surface area contributed by atoms with E-state index in [1.807, 2.05) is 58.9 Å². The summed E-state index contributed by atoms with van der Waals surface area (Å²) in [4.78, 5) is 23.7. The SMILES string of the molecule is CC(=O)OC1/C(C(C)C)=C\C=C(/C)C[C@@H](O)/C=C(\C)CC/C=C(\C)[C@H]1OC(C)=O. The molecule has 162 valence electrons. The van der Waals surface area contributed by atoms with Gasteiger partial charge in [-0.3, -0.25) is 9.59 Å². The summed E-state index contributed by atoms with van der Waals surface area (Å²) in [5.41, 5.74) is 3.81. The largest absolute Gasteiger partial charge is 0.454 e. The van der Waals surface area contributed by atoms with Crippen molar-refractivity contribution >= 4 is 11.9 Å². The minimum absolute atomic E-state index is 0.0641. The minimum atomic E-state index is -0.707. The van der Waals surface area contributed by atoms with Crippen LogP contribution in [0.3, 0.4) is 0 Å². The Labute approximate surface area is 175 Å². The molecule has 0 fully saturated rings. The maximum absolute atomic E-state index is 11.9. The Balaban J connectivity index is 3.56. The van der Waals surface area contributed by atoms with E-state index in [9.17, 15) is 14.7 Å². The first-order valence-electron chi connectivity index (χ1n) is 10.2. The van der Waals surface area contributed by atoms with Crippen LogP contribution in [0.25, 0.3) is 0 Å². The third kappa shape index (κ3) is 8.82. The van der Waals surface area contributed by atoms with E-state index in [-0.39, 0.29) is 5.92 Å². The van der Waals surface area contributed by atoms with E-state index >= 15 is 0 Å². The van der Waals surface area contributed by atoms with Gasteiger partial charge in [-0.2, -0.15) is 0 Å². The van der Waals surface area contributed by atoms with Gasteiger partial charge in [-0.15, -0.1) is 0 Å². The van der Waals surface area contributed by atoms with E-state index in [4.69, 9.17) is 9.47 Å². The van der Waals surface area contributed by atoms with Crippen molar-refractivity contribution in [3.05, 3.63) is 46.6 Å². The van der Waals surface area contributed by atoms with E-state index < -0.39 is 30.3 Å². The molecular weight excluding hydrogens is 368 g/mol. The quantitative estimate of drug-likeness (QED) is 0.539. The van der Waals surface area contributed by atoms with E-state index in [0.29, 0.717) is 6.42 Å². The summed E-state index contributed by atoms with van der Waals surface area (Å²) in [5.74, 6) is -0.785. The zero-order chi connectivity index (χ0) is 22.1. The predicted octanol–water partition coefficient (Wildman–Crippen LogP) is 4.82. The summed E-state index contributed by atoms with van der Waals surface area (Å²) in [7, 11) is 0. The number of esters is 2. The van der Waals surface area contributed by atoms with Gasteiger partial charge in [0.25, 0.3) is 0 Å². The Morgan fingerprint density at radius 1 is 1.00 bits per heavy atom. The molecule has 0 aliphatic heterocycles. The van der Waals surface area contributed by atoms with Gasteiger partial charge in [0.05, 0.1) is 6.10 Å². The smallest absolute Gasteiger partial charge is 0.303 e. The van der Waals surface area contributed by atoms with Crippen molar-refractivity contribution in [3.63, 3.8) is 0 Å². The number of carbonyl (C=O) groups excluding carboxylic acids is 2. The van der Waals surface area contributed by atoms with E-state index in [1.165, 1.54) is 13.8 Å². The van der Waals surface area contributed by atoms with Crippen LogP contribution in [0.4, 0.5) is 0 Å². The van der Waals surface area contributed by atoms with Gasteiger partial charge in [-0.1, -0.05) is 49.3 Å². The lowest BCUT2D eigenvalue weighted by Crippen LogP contribution is -2.38. The molecule has 0 aromatic rings. The molecule has 0 amide bonds. The number of carbonyl (C=O) groups is 2. The molecule has 1 aliphatic carbocycles. The fraction of sp³-hybridized carbons (Fsp3) is 0.583. The van der Waals surface area contributed by atoms with Gasteiger partial charge >= 0.3 is 11.9 Å². The number of ether oxygens (including phenoxy) is 2. The average Bonchev–Trinajstić information content (AvgIpc) is 2.56. The third-order valence-electron chi connectivity index (χ3n) is 4.88. The fourth-order valence-electron chi connectivity index (χ4n) is 3.42. The Bertz CT molecular complexity index is 709. The average molecular weight is 405 g/mol. The fourth-order valence-corrected chi connectivity index (χ4v) is 3.42. The van der Waals surface area contributed by atoms with E-state index in [2.05, 4.69) is 0 Å². The highest BCUT2D eigenvalue weighted by molar-refractivity contribution is 5.68. The summed E-state index contributed by atoms with van der Waals surface area (Å²) < 4.78 is 11.3. The van der Waals surface area contributed by atoms with Crippen molar-refractivity contribution in [2.75, 3.05) is 0 Å². The van der Waals surface area contributed by atoms with Crippen molar-refractivity contribution < 1.29 is 24.2 Å². The van der Waals surface area contributed by atoms with Gasteiger partial charge in [-0.05, 0) is 57.1 Å². The Morgan fingerprint density at radius 3 is 2.14 bits per heavy atom. The zero-order valence-corrected chi connectivity index (χ0v) is 18.8. The maximum Gasteiger partial charge on any atom is 0.303 e. The van der Waals surface area contributed by atoms with E-state index in [1.54, 1.807) is 0 Å². The molecule has 1 rings (SSSR count). The van der Waals surface area contributed by atoms with Crippen LogP contribution in [0.2, 0.25) is 0 Å². The number of rotatable bonds is 3. The van der Waals surface area contributed by atoms with Gasteiger partial charge in [0, 0.05) is 13.8 Å². The molecule has 1 unspecified atom stereocenters. The lowest BCUT2D eigenvalue weighted by Gasteiger charge is -2.31. The van der Waals surface area contributed by atoms with Crippen molar-refractivity contribution in [3.8, 4) is 0 Å². The van der Waals surface area contributed by atoms with Crippen LogP contribution >= 0.6 is 0 Å². The summed E-state index contributed by atoms with van der Waals surface area (Å²) >= 11 is 0. The first-order valence-corrected chi connectivity index (χ1v) is 10.2. The van der Waals surface area contributed by atoms with Gasteiger partial charge in [-0.25, -0.2) is 0 Å². The highest BCUT2D eigenvalue weighted by atomic mass is 16.6. The standard InChI is InChI=1S/C24H36O5/c1-15(2)22-12-11-17(4)14-21(27)13-16(3)9-8-10-18(5)23(28-19(6)25)24(22)29-20(7)26/h10-13,15,21,23-24,27H,8-9,14H2,1-7H3/b16-13+,17-11+,18-10+,22-12-/t21-,23+,24?/m0/s1. The molecule has 0 aromatic heterocycles. The highest BCUT2D eigenvalue weighted by Crippen LogP contribution is 2.28. The molecule has 1 aliphatic rings. The lowest BCUT2D eigenvalue weighted by molar-refractivity contribution is -0.160. The van der Waals surface area contributed by atoms with Gasteiger partial charge in [0.15, 0.2) is 12.2 Å². The topological polar surface area (TPSA) is 72.8 Å². The van der Waals surface area contributed by atoms with Gasteiger partial charge < -0.3 is 14.6 Å². The molecule has 5 nitrogen and oxygen atoms in total. The number of aliphatic hydroxyl groups excluding tert-OH is 1. The van der Waals surface area contributed by atoms with Crippen LogP contribution in [-0.4, -0.2) is 35.4 Å². The second kappa shape index (κ2) is 11.8. The number of allylic oxidation sites excluding steroid dienone is 4. The first kappa shape index (κ1) is 24.9. The molecule has 29 heavy (non-hydrogen) atoms. The molecular formula is C24H36O5. The molecule has 0 saturated carbocycles. The second-order valence-corrected chi connectivity index (χ2v) is 8.17. The van der Waals surface area contributed by atoms with Crippen LogP contribution in [0.15, 0.2) is 46.6 Å².